The maximum Gasteiger partial charge on any atom is 0.302 e. The molecular formula is C9H13NO2. The van der Waals surface area contributed by atoms with E-state index in [4.69, 9.17) is 4.74 Å². The van der Waals surface area contributed by atoms with E-state index >= 15 is 0 Å². The maximum absolute atomic E-state index is 10.4. The number of rotatable bonds is 3. The minimum atomic E-state index is -0.205. The third-order valence-electron chi connectivity index (χ3n) is 1.75. The molecule has 0 bridgehead atoms. The van der Waals surface area contributed by atoms with Gasteiger partial charge in [0.25, 0.3) is 0 Å². The highest BCUT2D eigenvalue weighted by Crippen LogP contribution is 2.12. The molecule has 0 spiro atoms. The second-order valence-electron chi connectivity index (χ2n) is 2.80. The Kier molecular flexibility index (Phi) is 3.51. The van der Waals surface area contributed by atoms with Gasteiger partial charge in [0.15, 0.2) is 0 Å². The summed E-state index contributed by atoms with van der Waals surface area (Å²) in [7, 11) is 0. The van der Waals surface area contributed by atoms with Crippen LogP contribution in [-0.4, -0.2) is 18.8 Å². The Morgan fingerprint density at radius 1 is 1.75 bits per heavy atom. The molecule has 0 fully saturated rings. The average Bonchev–Trinajstić information content (AvgIpc) is 2.05. The van der Waals surface area contributed by atoms with Gasteiger partial charge in [-0.3, -0.25) is 9.79 Å². The second kappa shape index (κ2) is 4.70. The van der Waals surface area contributed by atoms with Crippen molar-refractivity contribution in [3.8, 4) is 0 Å². The second-order valence-corrected chi connectivity index (χ2v) is 2.80. The molecule has 0 saturated carbocycles. The van der Waals surface area contributed by atoms with E-state index in [1.807, 2.05) is 12.3 Å². The predicted molar refractivity (Wildman–Crippen MR) is 47.0 cm³/mol. The van der Waals surface area contributed by atoms with E-state index in [9.17, 15) is 4.79 Å². The minimum Gasteiger partial charge on any atom is -0.466 e. The fourth-order valence-corrected chi connectivity index (χ4v) is 1.08. The molecular weight excluding hydrogens is 154 g/mol. The smallest absolute Gasteiger partial charge is 0.302 e. The van der Waals surface area contributed by atoms with Crippen LogP contribution in [0.3, 0.4) is 0 Å². The van der Waals surface area contributed by atoms with E-state index < -0.39 is 0 Å². The van der Waals surface area contributed by atoms with Crippen LogP contribution >= 0.6 is 0 Å². The summed E-state index contributed by atoms with van der Waals surface area (Å²) in [6.07, 6.45) is 7.57. The van der Waals surface area contributed by atoms with E-state index in [0.717, 1.165) is 12.8 Å². The lowest BCUT2D eigenvalue weighted by molar-refractivity contribution is -0.141. The summed E-state index contributed by atoms with van der Waals surface area (Å²) < 4.78 is 4.83. The summed E-state index contributed by atoms with van der Waals surface area (Å²) in [6.45, 7) is 1.94. The van der Waals surface area contributed by atoms with Crippen LogP contribution in [0.5, 0.6) is 0 Å². The Bertz CT molecular complexity index is 209. The molecule has 0 aliphatic carbocycles. The van der Waals surface area contributed by atoms with Gasteiger partial charge in [-0.1, -0.05) is 6.08 Å². The van der Waals surface area contributed by atoms with Gasteiger partial charge in [-0.15, -0.1) is 0 Å². The average molecular weight is 167 g/mol. The van der Waals surface area contributed by atoms with Gasteiger partial charge in [0.05, 0.1) is 6.61 Å². The van der Waals surface area contributed by atoms with Crippen LogP contribution in [0.25, 0.3) is 0 Å². The fraction of sp³-hybridized carbons (Fsp3) is 0.556. The molecule has 0 saturated heterocycles. The van der Waals surface area contributed by atoms with Gasteiger partial charge in [-0.2, -0.15) is 0 Å². The van der Waals surface area contributed by atoms with E-state index in [0.29, 0.717) is 12.5 Å². The number of esters is 1. The zero-order valence-corrected chi connectivity index (χ0v) is 7.19. The van der Waals surface area contributed by atoms with Gasteiger partial charge in [0.1, 0.15) is 0 Å². The van der Waals surface area contributed by atoms with E-state index in [1.54, 1.807) is 6.20 Å². The third-order valence-corrected chi connectivity index (χ3v) is 1.75. The van der Waals surface area contributed by atoms with Crippen molar-refractivity contribution in [3.63, 3.8) is 0 Å². The molecule has 66 valence electrons. The zero-order valence-electron chi connectivity index (χ0n) is 7.19. The number of allylic oxidation sites excluding steroid dienone is 1. The Morgan fingerprint density at radius 3 is 3.17 bits per heavy atom. The predicted octanol–water partition coefficient (Wildman–Crippen LogP) is 1.54. The minimum absolute atomic E-state index is 0.205. The number of nitrogens with zero attached hydrogens (tertiary/aromatic N) is 1. The van der Waals surface area contributed by atoms with Gasteiger partial charge in [0, 0.05) is 19.3 Å². The van der Waals surface area contributed by atoms with Crippen molar-refractivity contribution in [1.82, 2.24) is 0 Å². The van der Waals surface area contributed by atoms with Crippen molar-refractivity contribution in [2.24, 2.45) is 10.9 Å². The number of ether oxygens (including phenoxy) is 1. The molecule has 12 heavy (non-hydrogen) atoms. The van der Waals surface area contributed by atoms with E-state index in [2.05, 4.69) is 4.99 Å². The molecule has 0 radical (unpaired) electrons. The summed E-state index contributed by atoms with van der Waals surface area (Å²) in [5.41, 5.74) is 0. The fourth-order valence-electron chi connectivity index (χ4n) is 1.08. The van der Waals surface area contributed by atoms with Crippen LogP contribution in [0.4, 0.5) is 0 Å². The van der Waals surface area contributed by atoms with Gasteiger partial charge < -0.3 is 4.74 Å². The topological polar surface area (TPSA) is 38.7 Å². The largest absolute Gasteiger partial charge is 0.466 e. The molecule has 1 heterocycles. The number of aliphatic imine (C=N–C) groups is 1. The Labute approximate surface area is 72.1 Å². The van der Waals surface area contributed by atoms with Crippen molar-refractivity contribution in [2.75, 3.05) is 6.61 Å². The highest BCUT2D eigenvalue weighted by Gasteiger charge is 2.05. The summed E-state index contributed by atoms with van der Waals surface area (Å²) >= 11 is 0. The molecule has 3 nitrogen and oxygen atoms in total. The summed E-state index contributed by atoms with van der Waals surface area (Å²) in [5, 5.41) is 0. The van der Waals surface area contributed by atoms with Gasteiger partial charge >= 0.3 is 5.97 Å². The first kappa shape index (κ1) is 8.97. The van der Waals surface area contributed by atoms with Crippen molar-refractivity contribution < 1.29 is 9.53 Å². The summed E-state index contributed by atoms with van der Waals surface area (Å²) in [4.78, 5) is 14.4. The SMILES string of the molecule is CC(=O)OCCC1C=CN=CC1. The van der Waals surface area contributed by atoms with Crippen molar-refractivity contribution in [1.29, 1.82) is 0 Å². The molecule has 0 amide bonds. The Balaban J connectivity index is 2.11. The van der Waals surface area contributed by atoms with Crippen LogP contribution in [0.2, 0.25) is 0 Å². The molecule has 3 heteroatoms. The molecule has 0 N–H and O–H groups in total. The van der Waals surface area contributed by atoms with Gasteiger partial charge in [-0.25, -0.2) is 0 Å². The lowest BCUT2D eigenvalue weighted by atomic mass is 10.0. The normalized spacial score (nSPS) is 20.9. The van der Waals surface area contributed by atoms with Gasteiger partial charge in [-0.05, 0) is 18.8 Å². The molecule has 0 aromatic heterocycles. The van der Waals surface area contributed by atoms with Crippen LogP contribution in [0.1, 0.15) is 19.8 Å². The number of hydrogen-bond donors (Lipinski definition) is 0. The number of hydrogen-bond acceptors (Lipinski definition) is 3. The monoisotopic (exact) mass is 167 g/mol. The van der Waals surface area contributed by atoms with Crippen molar-refractivity contribution >= 4 is 12.2 Å². The lowest BCUT2D eigenvalue weighted by Gasteiger charge is -2.11. The number of carbonyl (C=O) groups is 1. The Morgan fingerprint density at radius 2 is 2.58 bits per heavy atom. The lowest BCUT2D eigenvalue weighted by Crippen LogP contribution is -2.07. The third kappa shape index (κ3) is 3.32. The van der Waals surface area contributed by atoms with Crippen molar-refractivity contribution in [3.05, 3.63) is 12.3 Å². The molecule has 1 rings (SSSR count). The molecule has 1 atom stereocenters. The van der Waals surface area contributed by atoms with Crippen LogP contribution < -0.4 is 0 Å². The highest BCUT2D eigenvalue weighted by atomic mass is 16.5. The molecule has 1 aliphatic rings. The van der Waals surface area contributed by atoms with Crippen molar-refractivity contribution in [2.45, 2.75) is 19.8 Å². The van der Waals surface area contributed by atoms with E-state index in [-0.39, 0.29) is 5.97 Å². The maximum atomic E-state index is 10.4. The van der Waals surface area contributed by atoms with E-state index in [1.165, 1.54) is 6.92 Å². The molecule has 0 aromatic rings. The Hall–Kier alpha value is -1.12. The first-order valence-corrected chi connectivity index (χ1v) is 4.10. The molecule has 1 unspecified atom stereocenters. The standard InChI is InChI=1S/C9H13NO2/c1-8(11)12-7-4-9-2-5-10-6-3-9/h2,5-6,9H,3-4,7H2,1H3. The first-order chi connectivity index (χ1) is 5.79. The van der Waals surface area contributed by atoms with Gasteiger partial charge in [0.2, 0.25) is 0 Å². The molecule has 1 aliphatic heterocycles. The van der Waals surface area contributed by atoms with Crippen LogP contribution in [-0.2, 0) is 9.53 Å². The number of carbonyl (C=O) groups excluding carboxylic acids is 1. The first-order valence-electron chi connectivity index (χ1n) is 4.10. The quantitative estimate of drug-likeness (QED) is 0.598. The summed E-state index contributed by atoms with van der Waals surface area (Å²) in [5.74, 6) is 0.283. The highest BCUT2D eigenvalue weighted by molar-refractivity contribution is 5.65. The van der Waals surface area contributed by atoms with Crippen LogP contribution in [0, 0.1) is 5.92 Å². The zero-order chi connectivity index (χ0) is 8.81. The van der Waals surface area contributed by atoms with Crippen LogP contribution in [0.15, 0.2) is 17.3 Å². The molecule has 0 aromatic carbocycles. The summed E-state index contributed by atoms with van der Waals surface area (Å²) in [6, 6.07) is 0.